The number of nitrogens with zero attached hydrogens (tertiary/aromatic N) is 4. The van der Waals surface area contributed by atoms with Gasteiger partial charge in [-0.2, -0.15) is 5.10 Å². The molecule has 0 saturated heterocycles. The van der Waals surface area contributed by atoms with E-state index in [4.69, 9.17) is 9.73 Å². The molecule has 3 aromatic carbocycles. The number of aromatic nitrogens is 4. The van der Waals surface area contributed by atoms with Crippen LogP contribution in [0.4, 0.5) is 0 Å². The summed E-state index contributed by atoms with van der Waals surface area (Å²) in [6.07, 6.45) is 1.95. The number of rotatable bonds is 5. The van der Waals surface area contributed by atoms with E-state index in [0.717, 1.165) is 28.0 Å². The third-order valence-corrected chi connectivity index (χ3v) is 5.48. The molecule has 29 heavy (non-hydrogen) atoms. The fourth-order valence-corrected chi connectivity index (χ4v) is 3.86. The van der Waals surface area contributed by atoms with Crippen molar-refractivity contribution in [3.63, 3.8) is 0 Å². The quantitative estimate of drug-likeness (QED) is 0.475. The van der Waals surface area contributed by atoms with Crippen molar-refractivity contribution in [1.29, 1.82) is 0 Å². The van der Waals surface area contributed by atoms with Gasteiger partial charge in [-0.3, -0.25) is 0 Å². The van der Waals surface area contributed by atoms with Crippen molar-refractivity contribution in [1.82, 2.24) is 25.4 Å². The smallest absolute Gasteiger partial charge is 0.139 e. The molecule has 144 valence electrons. The van der Waals surface area contributed by atoms with E-state index in [1.165, 1.54) is 16.3 Å². The normalized spacial score (nSPS) is 12.6. The van der Waals surface area contributed by atoms with Gasteiger partial charge in [0.2, 0.25) is 0 Å². The molecule has 5 aromatic rings. The Hall–Kier alpha value is -3.51. The number of nitrogens with one attached hydrogen (secondary N) is 1. The molecule has 0 radical (unpaired) electrons. The van der Waals surface area contributed by atoms with Crippen molar-refractivity contribution in [2.24, 2.45) is 0 Å². The first-order valence-corrected chi connectivity index (χ1v) is 9.68. The van der Waals surface area contributed by atoms with Crippen molar-refractivity contribution in [2.45, 2.75) is 26.4 Å². The first-order valence-electron chi connectivity index (χ1n) is 9.68. The van der Waals surface area contributed by atoms with Gasteiger partial charge in [-0.25, -0.2) is 9.31 Å². The highest BCUT2D eigenvalue weighted by Crippen LogP contribution is 2.26. The van der Waals surface area contributed by atoms with Crippen LogP contribution in [0.15, 0.2) is 71.5 Å². The fraction of sp³-hybridized carbons (Fsp3) is 0.174. The molecule has 0 saturated carbocycles. The molecule has 0 fully saturated rings. The summed E-state index contributed by atoms with van der Waals surface area (Å²) in [5.74, 6) is 0. The highest BCUT2D eigenvalue weighted by molar-refractivity contribution is 5.90. The molecule has 6 heteroatoms. The maximum Gasteiger partial charge on any atom is 0.139 e. The molecular weight excluding hydrogens is 362 g/mol. The van der Waals surface area contributed by atoms with Crippen molar-refractivity contribution in [3.8, 4) is 5.69 Å². The van der Waals surface area contributed by atoms with E-state index < -0.39 is 0 Å². The lowest BCUT2D eigenvalue weighted by Crippen LogP contribution is -2.19. The molecule has 0 spiro atoms. The van der Waals surface area contributed by atoms with E-state index in [2.05, 4.69) is 71.9 Å². The van der Waals surface area contributed by atoms with Crippen LogP contribution in [-0.4, -0.2) is 20.1 Å². The first kappa shape index (κ1) is 17.6. The standard InChI is InChI=1S/C23H21N5O/c1-15(24-13-18-9-5-11-21-23(18)27-29-26-21)20-14-25-28(16(20)2)22-12-6-8-17-7-3-4-10-19(17)22/h3-12,14-15,24H,13H2,1-2H3. The third kappa shape index (κ3) is 3.07. The van der Waals surface area contributed by atoms with Gasteiger partial charge < -0.3 is 5.32 Å². The van der Waals surface area contributed by atoms with E-state index in [1.54, 1.807) is 0 Å². The minimum absolute atomic E-state index is 0.133. The van der Waals surface area contributed by atoms with Crippen LogP contribution in [0.2, 0.25) is 0 Å². The van der Waals surface area contributed by atoms with Gasteiger partial charge in [0.1, 0.15) is 11.0 Å². The van der Waals surface area contributed by atoms with Crippen LogP contribution in [0.5, 0.6) is 0 Å². The van der Waals surface area contributed by atoms with E-state index in [9.17, 15) is 0 Å². The lowest BCUT2D eigenvalue weighted by Gasteiger charge is -2.15. The second-order valence-corrected chi connectivity index (χ2v) is 7.25. The van der Waals surface area contributed by atoms with E-state index in [1.807, 2.05) is 29.1 Å². The van der Waals surface area contributed by atoms with Gasteiger partial charge in [0.25, 0.3) is 0 Å². The van der Waals surface area contributed by atoms with Crippen LogP contribution in [0, 0.1) is 6.92 Å². The van der Waals surface area contributed by atoms with Crippen LogP contribution in [0.3, 0.4) is 0 Å². The van der Waals surface area contributed by atoms with Crippen molar-refractivity contribution in [2.75, 3.05) is 0 Å². The molecule has 0 bridgehead atoms. The summed E-state index contributed by atoms with van der Waals surface area (Å²) >= 11 is 0. The van der Waals surface area contributed by atoms with Crippen molar-refractivity contribution < 1.29 is 4.63 Å². The zero-order valence-electron chi connectivity index (χ0n) is 16.3. The van der Waals surface area contributed by atoms with Crippen LogP contribution in [0.1, 0.15) is 29.8 Å². The lowest BCUT2D eigenvalue weighted by molar-refractivity contribution is 0.315. The summed E-state index contributed by atoms with van der Waals surface area (Å²) in [5.41, 5.74) is 6.03. The van der Waals surface area contributed by atoms with Crippen molar-refractivity contribution in [3.05, 3.63) is 83.7 Å². The molecular formula is C23H21N5O. The van der Waals surface area contributed by atoms with Gasteiger partial charge >= 0.3 is 0 Å². The molecule has 2 heterocycles. The largest absolute Gasteiger partial charge is 0.306 e. The molecule has 0 amide bonds. The maximum atomic E-state index is 4.86. The molecule has 0 aliphatic heterocycles. The van der Waals surface area contributed by atoms with Crippen LogP contribution in [-0.2, 0) is 6.54 Å². The van der Waals surface area contributed by atoms with Gasteiger partial charge in [0.05, 0.1) is 11.9 Å². The molecule has 5 rings (SSSR count). The Balaban J connectivity index is 1.42. The number of fused-ring (bicyclic) bond motifs is 2. The average molecular weight is 383 g/mol. The summed E-state index contributed by atoms with van der Waals surface area (Å²) in [6, 6.07) is 20.8. The van der Waals surface area contributed by atoms with E-state index in [-0.39, 0.29) is 6.04 Å². The molecule has 0 aliphatic rings. The molecule has 2 aromatic heterocycles. The predicted molar refractivity (Wildman–Crippen MR) is 113 cm³/mol. The Morgan fingerprint density at radius 1 is 1.00 bits per heavy atom. The monoisotopic (exact) mass is 383 g/mol. The van der Waals surface area contributed by atoms with Gasteiger partial charge in [0.15, 0.2) is 0 Å². The topological polar surface area (TPSA) is 68.8 Å². The number of hydrogen-bond acceptors (Lipinski definition) is 5. The van der Waals surface area contributed by atoms with Gasteiger partial charge in [-0.1, -0.05) is 48.5 Å². The Morgan fingerprint density at radius 3 is 2.76 bits per heavy atom. The fourth-order valence-electron chi connectivity index (χ4n) is 3.86. The summed E-state index contributed by atoms with van der Waals surface area (Å²) in [5, 5.41) is 18.6. The summed E-state index contributed by atoms with van der Waals surface area (Å²) in [6.45, 7) is 4.94. The molecule has 0 aliphatic carbocycles. The lowest BCUT2D eigenvalue weighted by atomic mass is 10.1. The zero-order chi connectivity index (χ0) is 19.8. The Kier molecular flexibility index (Phi) is 4.33. The first-order chi connectivity index (χ1) is 14.2. The van der Waals surface area contributed by atoms with Gasteiger partial charge in [-0.05, 0) is 47.2 Å². The minimum atomic E-state index is 0.133. The van der Waals surface area contributed by atoms with Crippen molar-refractivity contribution >= 4 is 21.8 Å². The number of hydrogen-bond donors (Lipinski definition) is 1. The second-order valence-electron chi connectivity index (χ2n) is 7.25. The number of benzene rings is 3. The van der Waals surface area contributed by atoms with Crippen LogP contribution >= 0.6 is 0 Å². The van der Waals surface area contributed by atoms with Gasteiger partial charge in [-0.15, -0.1) is 0 Å². The zero-order valence-corrected chi connectivity index (χ0v) is 16.3. The summed E-state index contributed by atoms with van der Waals surface area (Å²) < 4.78 is 6.89. The Morgan fingerprint density at radius 2 is 1.83 bits per heavy atom. The third-order valence-electron chi connectivity index (χ3n) is 5.48. The average Bonchev–Trinajstić information content (AvgIpc) is 3.38. The highest BCUT2D eigenvalue weighted by Gasteiger charge is 2.16. The SMILES string of the molecule is Cc1c(C(C)NCc2cccc3nonc23)cnn1-c1cccc2ccccc12. The Bertz CT molecular complexity index is 1300. The van der Waals surface area contributed by atoms with E-state index in [0.29, 0.717) is 6.54 Å². The van der Waals surface area contributed by atoms with E-state index >= 15 is 0 Å². The maximum absolute atomic E-state index is 4.86. The van der Waals surface area contributed by atoms with Crippen LogP contribution < -0.4 is 5.32 Å². The summed E-state index contributed by atoms with van der Waals surface area (Å²) in [4.78, 5) is 0. The second kappa shape index (κ2) is 7.14. The molecule has 1 unspecified atom stereocenters. The highest BCUT2D eigenvalue weighted by atomic mass is 16.6. The van der Waals surface area contributed by atoms with Crippen LogP contribution in [0.25, 0.3) is 27.5 Å². The van der Waals surface area contributed by atoms with Gasteiger partial charge in [0, 0.05) is 29.2 Å². The summed E-state index contributed by atoms with van der Waals surface area (Å²) in [7, 11) is 0. The minimum Gasteiger partial charge on any atom is -0.306 e. The molecule has 1 N–H and O–H groups in total. The molecule has 1 atom stereocenters. The molecule has 6 nitrogen and oxygen atoms in total. The predicted octanol–water partition coefficient (Wildman–Crippen LogP) is 4.72. The Labute approximate surface area is 168 Å².